The van der Waals surface area contributed by atoms with Crippen molar-refractivity contribution in [2.75, 3.05) is 18.5 Å². The van der Waals surface area contributed by atoms with Crippen LogP contribution >= 0.6 is 0 Å². The fourth-order valence-electron chi connectivity index (χ4n) is 2.30. The van der Waals surface area contributed by atoms with Crippen molar-refractivity contribution in [3.63, 3.8) is 0 Å². The molecule has 2 N–H and O–H groups in total. The number of aliphatic hydroxyl groups excluding tert-OH is 1. The van der Waals surface area contributed by atoms with E-state index in [1.807, 2.05) is 51.1 Å². The molecule has 0 aliphatic heterocycles. The second-order valence-corrected chi connectivity index (χ2v) is 6.14. The number of aliphatic hydroxyl groups is 1. The molecule has 1 heterocycles. The lowest BCUT2D eigenvalue weighted by molar-refractivity contribution is 0.185. The number of hydrogen-bond donors (Lipinski definition) is 2. The maximum atomic E-state index is 12.6. The third-order valence-electron chi connectivity index (χ3n) is 3.76. The van der Waals surface area contributed by atoms with E-state index in [1.54, 1.807) is 10.9 Å². The molecule has 2 aromatic rings. The first kappa shape index (κ1) is 18.5. The number of anilines is 1. The van der Waals surface area contributed by atoms with Crippen LogP contribution in [-0.4, -0.2) is 39.0 Å². The minimum absolute atomic E-state index is 0.0823. The number of aromatic nitrogens is 2. The van der Waals surface area contributed by atoms with Crippen LogP contribution in [0, 0.1) is 18.3 Å². The van der Waals surface area contributed by atoms with E-state index in [0.717, 1.165) is 11.1 Å². The number of rotatable bonds is 6. The molecular weight excluding hydrogens is 318 g/mol. The summed E-state index contributed by atoms with van der Waals surface area (Å²) >= 11 is 0. The van der Waals surface area contributed by atoms with Gasteiger partial charge in [0.2, 0.25) is 0 Å². The number of carbonyl (C=O) groups is 1. The molecule has 7 nitrogen and oxygen atoms in total. The second-order valence-electron chi connectivity index (χ2n) is 6.14. The Labute approximate surface area is 147 Å². The van der Waals surface area contributed by atoms with Gasteiger partial charge < -0.3 is 10.0 Å². The Hall–Kier alpha value is -2.85. The highest BCUT2D eigenvalue weighted by molar-refractivity contribution is 5.89. The topological polar surface area (TPSA) is 94.2 Å². The van der Waals surface area contributed by atoms with Crippen molar-refractivity contribution >= 4 is 11.8 Å². The molecule has 132 valence electrons. The first-order chi connectivity index (χ1) is 11.9. The molecule has 0 aliphatic rings. The van der Waals surface area contributed by atoms with Gasteiger partial charge in [-0.3, -0.25) is 10.00 Å². The lowest BCUT2D eigenvalue weighted by Crippen LogP contribution is -2.36. The fraction of sp³-hybridized carbons (Fsp3) is 0.389. The molecule has 0 radical (unpaired) electrons. The summed E-state index contributed by atoms with van der Waals surface area (Å²) in [5, 5.41) is 25.4. The summed E-state index contributed by atoms with van der Waals surface area (Å²) in [7, 11) is 0. The molecule has 0 aliphatic carbocycles. The van der Waals surface area contributed by atoms with Crippen LogP contribution in [0.25, 0.3) is 0 Å². The SMILES string of the molecule is Cc1ccc(CN(CCO)C(=O)Nc2nn(C(C)C)cc2C#N)cc1. The highest BCUT2D eigenvalue weighted by Crippen LogP contribution is 2.16. The van der Waals surface area contributed by atoms with E-state index in [2.05, 4.69) is 10.4 Å². The van der Waals surface area contributed by atoms with Gasteiger partial charge in [0.15, 0.2) is 5.82 Å². The van der Waals surface area contributed by atoms with Crippen molar-refractivity contribution in [1.29, 1.82) is 5.26 Å². The predicted molar refractivity (Wildman–Crippen MR) is 95.0 cm³/mol. The monoisotopic (exact) mass is 341 g/mol. The zero-order valence-electron chi connectivity index (χ0n) is 14.7. The molecule has 25 heavy (non-hydrogen) atoms. The molecule has 0 atom stereocenters. The van der Waals surface area contributed by atoms with Crippen LogP contribution in [-0.2, 0) is 6.54 Å². The summed E-state index contributed by atoms with van der Waals surface area (Å²) in [6, 6.07) is 9.56. The molecule has 2 amide bonds. The van der Waals surface area contributed by atoms with Crippen LogP contribution in [0.5, 0.6) is 0 Å². The maximum absolute atomic E-state index is 12.6. The number of carbonyl (C=O) groups excluding carboxylic acids is 1. The highest BCUT2D eigenvalue weighted by atomic mass is 16.3. The first-order valence-corrected chi connectivity index (χ1v) is 8.16. The van der Waals surface area contributed by atoms with Crippen LogP contribution < -0.4 is 5.32 Å². The van der Waals surface area contributed by atoms with Crippen molar-refractivity contribution in [2.45, 2.75) is 33.4 Å². The summed E-state index contributed by atoms with van der Waals surface area (Å²) in [5.74, 6) is 0.230. The summed E-state index contributed by atoms with van der Waals surface area (Å²) < 4.78 is 1.63. The average Bonchev–Trinajstić information content (AvgIpc) is 2.99. The lowest BCUT2D eigenvalue weighted by Gasteiger charge is -2.22. The van der Waals surface area contributed by atoms with Crippen LogP contribution in [0.2, 0.25) is 0 Å². The number of benzene rings is 1. The Balaban J connectivity index is 2.15. The van der Waals surface area contributed by atoms with Gasteiger partial charge in [-0.1, -0.05) is 29.8 Å². The smallest absolute Gasteiger partial charge is 0.323 e. The number of nitrogens with zero attached hydrogens (tertiary/aromatic N) is 4. The molecule has 0 fully saturated rings. The summed E-state index contributed by atoms with van der Waals surface area (Å²) in [4.78, 5) is 14.1. The number of hydrogen-bond acceptors (Lipinski definition) is 4. The number of nitrogens with one attached hydrogen (secondary N) is 1. The van der Waals surface area contributed by atoms with Crippen LogP contribution in [0.1, 0.15) is 36.6 Å². The third-order valence-corrected chi connectivity index (χ3v) is 3.76. The summed E-state index contributed by atoms with van der Waals surface area (Å²) in [5.41, 5.74) is 2.41. The largest absolute Gasteiger partial charge is 0.395 e. The highest BCUT2D eigenvalue weighted by Gasteiger charge is 2.18. The summed E-state index contributed by atoms with van der Waals surface area (Å²) in [6.07, 6.45) is 1.61. The molecular formula is C18H23N5O2. The van der Waals surface area contributed by atoms with E-state index in [1.165, 1.54) is 4.90 Å². The summed E-state index contributed by atoms with van der Waals surface area (Å²) in [6.45, 7) is 6.28. The van der Waals surface area contributed by atoms with Crippen LogP contribution in [0.3, 0.4) is 0 Å². The van der Waals surface area contributed by atoms with Gasteiger partial charge in [0.1, 0.15) is 11.6 Å². The number of urea groups is 1. The Morgan fingerprint density at radius 3 is 2.64 bits per heavy atom. The molecule has 7 heteroatoms. The van der Waals surface area contributed by atoms with E-state index in [0.29, 0.717) is 12.1 Å². The fourth-order valence-corrected chi connectivity index (χ4v) is 2.30. The molecule has 0 unspecified atom stereocenters. The van der Waals surface area contributed by atoms with Gasteiger partial charge in [-0.15, -0.1) is 0 Å². The van der Waals surface area contributed by atoms with E-state index >= 15 is 0 Å². The van der Waals surface area contributed by atoms with Crippen molar-refractivity contribution in [3.05, 3.63) is 47.2 Å². The maximum Gasteiger partial charge on any atom is 0.323 e. The van der Waals surface area contributed by atoms with Crippen molar-refractivity contribution in [3.8, 4) is 6.07 Å². The molecule has 2 rings (SSSR count). The Kier molecular flexibility index (Phi) is 6.14. The van der Waals surface area contributed by atoms with E-state index < -0.39 is 6.03 Å². The Morgan fingerprint density at radius 2 is 2.08 bits per heavy atom. The standard InChI is InChI=1S/C18H23N5O2/c1-13(2)23-12-16(10-19)17(21-23)20-18(25)22(8-9-24)11-15-6-4-14(3)5-7-15/h4-7,12-13,24H,8-9,11H2,1-3H3,(H,20,21,25). The van der Waals surface area contributed by atoms with Gasteiger partial charge in [0.05, 0.1) is 6.61 Å². The second kappa shape index (κ2) is 8.31. The zero-order valence-corrected chi connectivity index (χ0v) is 14.7. The van der Waals surface area contributed by atoms with Crippen molar-refractivity contribution in [1.82, 2.24) is 14.7 Å². The van der Waals surface area contributed by atoms with Crippen molar-refractivity contribution in [2.24, 2.45) is 0 Å². The predicted octanol–water partition coefficient (Wildman–Crippen LogP) is 2.67. The minimum atomic E-state index is -0.403. The first-order valence-electron chi connectivity index (χ1n) is 8.16. The average molecular weight is 341 g/mol. The van der Waals surface area contributed by atoms with E-state index in [4.69, 9.17) is 0 Å². The molecule has 0 saturated heterocycles. The molecule has 1 aromatic carbocycles. The number of aryl methyl sites for hydroxylation is 1. The van der Waals surface area contributed by atoms with Gasteiger partial charge in [0, 0.05) is 25.3 Å². The van der Waals surface area contributed by atoms with Gasteiger partial charge in [-0.05, 0) is 26.3 Å². The minimum Gasteiger partial charge on any atom is -0.395 e. The van der Waals surface area contributed by atoms with Crippen LogP contribution in [0.4, 0.5) is 10.6 Å². The number of nitriles is 1. The van der Waals surface area contributed by atoms with Crippen molar-refractivity contribution < 1.29 is 9.90 Å². The third kappa shape index (κ3) is 4.81. The quantitative estimate of drug-likeness (QED) is 0.844. The molecule has 0 saturated carbocycles. The van der Waals surface area contributed by atoms with Gasteiger partial charge in [-0.25, -0.2) is 4.79 Å². The van der Waals surface area contributed by atoms with Crippen LogP contribution in [0.15, 0.2) is 30.5 Å². The lowest BCUT2D eigenvalue weighted by atomic mass is 10.1. The van der Waals surface area contributed by atoms with E-state index in [-0.39, 0.29) is 25.0 Å². The Bertz CT molecular complexity index is 759. The zero-order chi connectivity index (χ0) is 18.4. The van der Waals surface area contributed by atoms with E-state index in [9.17, 15) is 15.2 Å². The van der Waals surface area contributed by atoms with Gasteiger partial charge >= 0.3 is 6.03 Å². The van der Waals surface area contributed by atoms with Gasteiger partial charge in [0.25, 0.3) is 0 Å². The molecule has 0 bridgehead atoms. The number of amides is 2. The molecule has 1 aromatic heterocycles. The Morgan fingerprint density at radius 1 is 1.40 bits per heavy atom. The normalized spacial score (nSPS) is 10.6. The van der Waals surface area contributed by atoms with Gasteiger partial charge in [-0.2, -0.15) is 10.4 Å². The molecule has 0 spiro atoms.